The number of fused-ring (bicyclic) bond motifs is 2. The Morgan fingerprint density at radius 1 is 0.885 bits per heavy atom. The molecule has 0 atom stereocenters. The summed E-state index contributed by atoms with van der Waals surface area (Å²) in [4.78, 5) is 30.7. The largest absolute Gasteiger partial charge is 0.274 e. The van der Waals surface area contributed by atoms with E-state index in [4.69, 9.17) is 0 Å². The average Bonchev–Trinajstić information content (AvgIpc) is 2.90. The van der Waals surface area contributed by atoms with Crippen molar-refractivity contribution >= 4 is 22.7 Å². The minimum Gasteiger partial charge on any atom is -0.274 e. The molecule has 0 spiro atoms. The van der Waals surface area contributed by atoms with E-state index in [0.717, 1.165) is 30.5 Å². The zero-order valence-electron chi connectivity index (χ0n) is 14.7. The molecule has 0 bridgehead atoms. The molecular formula is C22H20N2O2. The molecule has 3 aromatic rings. The van der Waals surface area contributed by atoms with Crippen molar-refractivity contribution in [2.75, 3.05) is 6.54 Å². The van der Waals surface area contributed by atoms with Crippen LogP contribution in [0.1, 0.15) is 44.8 Å². The lowest BCUT2D eigenvalue weighted by Crippen LogP contribution is -2.30. The number of aromatic nitrogens is 1. The summed E-state index contributed by atoms with van der Waals surface area (Å²) in [7, 11) is 0. The predicted octanol–water partition coefficient (Wildman–Crippen LogP) is 4.16. The maximum atomic E-state index is 12.4. The Labute approximate surface area is 152 Å². The molecule has 0 N–H and O–H groups in total. The minimum absolute atomic E-state index is 0.171. The minimum atomic E-state index is -0.171. The predicted molar refractivity (Wildman–Crippen MR) is 101 cm³/mol. The van der Waals surface area contributed by atoms with E-state index in [1.807, 2.05) is 25.1 Å². The maximum Gasteiger partial charge on any atom is 0.261 e. The highest BCUT2D eigenvalue weighted by Crippen LogP contribution is 2.24. The number of pyridine rings is 1. The van der Waals surface area contributed by atoms with Crippen molar-refractivity contribution in [2.45, 2.75) is 26.2 Å². The summed E-state index contributed by atoms with van der Waals surface area (Å²) in [6.07, 6.45) is 2.62. The number of hydrogen-bond acceptors (Lipinski definition) is 3. The number of benzene rings is 2. The third kappa shape index (κ3) is 2.88. The second kappa shape index (κ2) is 6.71. The van der Waals surface area contributed by atoms with Crippen LogP contribution in [-0.2, 0) is 6.42 Å². The Kier molecular flexibility index (Phi) is 4.25. The number of rotatable bonds is 5. The van der Waals surface area contributed by atoms with E-state index in [-0.39, 0.29) is 11.8 Å². The Balaban J connectivity index is 1.41. The summed E-state index contributed by atoms with van der Waals surface area (Å²) < 4.78 is 0. The molecule has 0 fully saturated rings. The fourth-order valence-corrected chi connectivity index (χ4v) is 3.63. The first-order chi connectivity index (χ1) is 12.6. The van der Waals surface area contributed by atoms with Crippen molar-refractivity contribution in [3.05, 3.63) is 77.0 Å². The first-order valence-corrected chi connectivity index (χ1v) is 8.95. The van der Waals surface area contributed by atoms with Crippen molar-refractivity contribution in [1.29, 1.82) is 0 Å². The first-order valence-electron chi connectivity index (χ1n) is 8.95. The number of aryl methyl sites for hydroxylation is 2. The number of carbonyl (C=O) groups is 2. The third-order valence-electron chi connectivity index (χ3n) is 4.89. The molecule has 2 heterocycles. The van der Waals surface area contributed by atoms with E-state index in [0.29, 0.717) is 17.7 Å². The lowest BCUT2D eigenvalue weighted by Gasteiger charge is -2.14. The van der Waals surface area contributed by atoms with Gasteiger partial charge in [0.25, 0.3) is 11.8 Å². The Hall–Kier alpha value is -3.01. The highest BCUT2D eigenvalue weighted by molar-refractivity contribution is 6.21. The van der Waals surface area contributed by atoms with Crippen molar-refractivity contribution in [3.63, 3.8) is 0 Å². The molecule has 1 aliphatic heterocycles. The van der Waals surface area contributed by atoms with Gasteiger partial charge in [0.2, 0.25) is 0 Å². The molecule has 2 amide bonds. The Morgan fingerprint density at radius 2 is 1.54 bits per heavy atom. The zero-order valence-corrected chi connectivity index (χ0v) is 14.7. The summed E-state index contributed by atoms with van der Waals surface area (Å²) in [6, 6.07) is 17.3. The van der Waals surface area contributed by atoms with Crippen LogP contribution in [0, 0.1) is 6.92 Å². The van der Waals surface area contributed by atoms with Gasteiger partial charge < -0.3 is 0 Å². The lowest BCUT2D eigenvalue weighted by atomic mass is 10.0. The standard InChI is InChI=1S/C22H20N2O2/c1-15-14-16(17-9-4-5-12-20(17)23-15)8-6-7-13-24-21(25)18-10-2-3-11-19(18)22(24)26/h2-5,9-12,14H,6-8,13H2,1H3. The second-order valence-corrected chi connectivity index (χ2v) is 6.70. The SMILES string of the molecule is Cc1cc(CCCCN2C(=O)c3ccccc3C2=O)c2ccccc2n1. The third-order valence-corrected chi connectivity index (χ3v) is 4.89. The summed E-state index contributed by atoms with van der Waals surface area (Å²) in [5.74, 6) is -0.341. The summed E-state index contributed by atoms with van der Waals surface area (Å²) in [6.45, 7) is 2.48. The van der Waals surface area contributed by atoms with Crippen LogP contribution in [0.15, 0.2) is 54.6 Å². The highest BCUT2D eigenvalue weighted by Gasteiger charge is 2.34. The molecule has 130 valence electrons. The van der Waals surface area contributed by atoms with Gasteiger partial charge in [0, 0.05) is 17.6 Å². The van der Waals surface area contributed by atoms with Crippen LogP contribution < -0.4 is 0 Å². The summed E-state index contributed by atoms with van der Waals surface area (Å²) in [5.41, 5.74) is 4.35. The highest BCUT2D eigenvalue weighted by atomic mass is 16.2. The fraction of sp³-hybridized carbons (Fsp3) is 0.227. The molecule has 2 aromatic carbocycles. The van der Waals surface area contributed by atoms with Gasteiger partial charge >= 0.3 is 0 Å². The molecule has 0 aliphatic carbocycles. The van der Waals surface area contributed by atoms with Gasteiger partial charge in [0.05, 0.1) is 16.6 Å². The van der Waals surface area contributed by atoms with Gasteiger partial charge in [-0.25, -0.2) is 0 Å². The van der Waals surface area contributed by atoms with Crippen molar-refractivity contribution < 1.29 is 9.59 Å². The van der Waals surface area contributed by atoms with Gasteiger partial charge in [0.15, 0.2) is 0 Å². The second-order valence-electron chi connectivity index (χ2n) is 6.70. The molecule has 4 heteroatoms. The fourth-order valence-electron chi connectivity index (χ4n) is 3.63. The van der Waals surface area contributed by atoms with Crippen molar-refractivity contribution in [3.8, 4) is 0 Å². The number of amides is 2. The number of para-hydroxylation sites is 1. The number of imide groups is 1. The number of carbonyl (C=O) groups excluding carboxylic acids is 2. The van der Waals surface area contributed by atoms with Crippen LogP contribution in [0.2, 0.25) is 0 Å². The van der Waals surface area contributed by atoms with Gasteiger partial charge in [-0.1, -0.05) is 30.3 Å². The van der Waals surface area contributed by atoms with Crippen LogP contribution in [0.25, 0.3) is 10.9 Å². The van der Waals surface area contributed by atoms with Crippen LogP contribution in [0.3, 0.4) is 0 Å². The summed E-state index contributed by atoms with van der Waals surface area (Å²) >= 11 is 0. The quantitative estimate of drug-likeness (QED) is 0.516. The first kappa shape index (κ1) is 16.5. The maximum absolute atomic E-state index is 12.4. The molecule has 0 saturated carbocycles. The average molecular weight is 344 g/mol. The molecule has 1 aromatic heterocycles. The molecule has 0 saturated heterocycles. The van der Waals surface area contributed by atoms with E-state index in [2.05, 4.69) is 17.1 Å². The molecule has 4 nitrogen and oxygen atoms in total. The van der Waals surface area contributed by atoms with E-state index >= 15 is 0 Å². The van der Waals surface area contributed by atoms with Gasteiger partial charge in [-0.05, 0) is 56.0 Å². The van der Waals surface area contributed by atoms with Crippen molar-refractivity contribution in [2.24, 2.45) is 0 Å². The van der Waals surface area contributed by atoms with E-state index in [1.54, 1.807) is 24.3 Å². The van der Waals surface area contributed by atoms with Gasteiger partial charge in [-0.2, -0.15) is 0 Å². The van der Waals surface area contributed by atoms with Gasteiger partial charge in [-0.3, -0.25) is 19.5 Å². The van der Waals surface area contributed by atoms with Gasteiger partial charge in [0.1, 0.15) is 0 Å². The van der Waals surface area contributed by atoms with Crippen molar-refractivity contribution in [1.82, 2.24) is 9.88 Å². The topological polar surface area (TPSA) is 50.3 Å². The molecule has 26 heavy (non-hydrogen) atoms. The number of hydrogen-bond donors (Lipinski definition) is 0. The molecule has 4 rings (SSSR count). The van der Waals surface area contributed by atoms with E-state index in [1.165, 1.54) is 15.8 Å². The number of nitrogens with zero attached hydrogens (tertiary/aromatic N) is 2. The van der Waals surface area contributed by atoms with E-state index < -0.39 is 0 Å². The molecule has 0 radical (unpaired) electrons. The number of unbranched alkanes of at least 4 members (excludes halogenated alkanes) is 1. The van der Waals surface area contributed by atoms with Gasteiger partial charge in [-0.15, -0.1) is 0 Å². The van der Waals surface area contributed by atoms with Crippen LogP contribution in [-0.4, -0.2) is 28.2 Å². The Bertz CT molecular complexity index is 975. The van der Waals surface area contributed by atoms with Crippen LogP contribution >= 0.6 is 0 Å². The molecule has 0 unspecified atom stereocenters. The molecular weight excluding hydrogens is 324 g/mol. The normalized spacial score (nSPS) is 13.5. The smallest absolute Gasteiger partial charge is 0.261 e. The van der Waals surface area contributed by atoms with Crippen LogP contribution in [0.5, 0.6) is 0 Å². The monoisotopic (exact) mass is 344 g/mol. The zero-order chi connectivity index (χ0) is 18.1. The van der Waals surface area contributed by atoms with E-state index in [9.17, 15) is 9.59 Å². The Morgan fingerprint density at radius 3 is 2.27 bits per heavy atom. The van der Waals surface area contributed by atoms with Crippen LogP contribution in [0.4, 0.5) is 0 Å². The lowest BCUT2D eigenvalue weighted by molar-refractivity contribution is 0.0652. The summed E-state index contributed by atoms with van der Waals surface area (Å²) in [5, 5.41) is 1.18. The molecule has 1 aliphatic rings.